The molecule has 0 aliphatic carbocycles. The topological polar surface area (TPSA) is 58.1 Å². The third kappa shape index (κ3) is 3.91. The fourth-order valence-corrected chi connectivity index (χ4v) is 2.93. The van der Waals surface area contributed by atoms with Crippen molar-refractivity contribution in [1.82, 2.24) is 14.9 Å². The van der Waals surface area contributed by atoms with E-state index >= 15 is 0 Å². The zero-order valence-electron chi connectivity index (χ0n) is 14.3. The second-order valence-corrected chi connectivity index (χ2v) is 6.54. The molecule has 1 aliphatic rings. The van der Waals surface area contributed by atoms with E-state index in [1.54, 1.807) is 12.4 Å². The molecular weight excluding hydrogens is 300 g/mol. The molecule has 5 nitrogen and oxygen atoms in total. The van der Waals surface area contributed by atoms with E-state index in [1.807, 2.05) is 23.1 Å². The highest BCUT2D eigenvalue weighted by Crippen LogP contribution is 2.19. The largest absolute Gasteiger partial charge is 0.362 e. The van der Waals surface area contributed by atoms with Crippen molar-refractivity contribution in [2.75, 3.05) is 18.4 Å². The van der Waals surface area contributed by atoms with Gasteiger partial charge in [-0.1, -0.05) is 37.3 Å². The maximum atomic E-state index is 12.5. The molecule has 1 aromatic heterocycles. The van der Waals surface area contributed by atoms with Crippen LogP contribution in [0.2, 0.25) is 0 Å². The number of nitrogens with zero attached hydrogens (tertiary/aromatic N) is 3. The monoisotopic (exact) mass is 324 g/mol. The number of nitrogens with one attached hydrogen (secondary N) is 1. The van der Waals surface area contributed by atoms with E-state index in [-0.39, 0.29) is 11.9 Å². The van der Waals surface area contributed by atoms with Gasteiger partial charge in [0.1, 0.15) is 11.5 Å². The van der Waals surface area contributed by atoms with Crippen LogP contribution < -0.4 is 5.32 Å². The van der Waals surface area contributed by atoms with Crippen LogP contribution >= 0.6 is 0 Å². The predicted molar refractivity (Wildman–Crippen MR) is 94.8 cm³/mol. The number of hydrogen-bond acceptors (Lipinski definition) is 4. The molecule has 126 valence electrons. The van der Waals surface area contributed by atoms with Gasteiger partial charge < -0.3 is 10.2 Å². The summed E-state index contributed by atoms with van der Waals surface area (Å²) in [6.07, 6.45) is 5.33. The van der Waals surface area contributed by atoms with Crippen LogP contribution in [0.5, 0.6) is 0 Å². The molecule has 0 spiro atoms. The first kappa shape index (κ1) is 16.4. The number of rotatable bonds is 4. The summed E-state index contributed by atoms with van der Waals surface area (Å²) in [6, 6.07) is 10.3. The number of benzene rings is 1. The molecule has 1 aromatic carbocycles. The Hall–Kier alpha value is -2.43. The van der Waals surface area contributed by atoms with Gasteiger partial charge >= 0.3 is 0 Å². The molecule has 1 fully saturated rings. The van der Waals surface area contributed by atoms with Crippen LogP contribution in [0.4, 0.5) is 5.82 Å². The standard InChI is InChI=1S/C19H24N4O/c1-14-8-10-23(11-9-14)19(24)17-12-21-18(13-20-17)22-15(2)16-6-4-3-5-7-16/h3-7,12-15H,8-11H2,1-2H3,(H,21,22). The van der Waals surface area contributed by atoms with Crippen molar-refractivity contribution in [3.05, 3.63) is 54.0 Å². The summed E-state index contributed by atoms with van der Waals surface area (Å²) < 4.78 is 0. The van der Waals surface area contributed by atoms with Gasteiger partial charge in [-0.05, 0) is 31.2 Å². The van der Waals surface area contributed by atoms with Crippen LogP contribution in [0.15, 0.2) is 42.7 Å². The molecule has 0 radical (unpaired) electrons. The van der Waals surface area contributed by atoms with Gasteiger partial charge in [-0.3, -0.25) is 4.79 Å². The van der Waals surface area contributed by atoms with E-state index in [1.165, 1.54) is 5.56 Å². The zero-order valence-corrected chi connectivity index (χ0v) is 14.3. The molecule has 1 amide bonds. The van der Waals surface area contributed by atoms with Crippen molar-refractivity contribution >= 4 is 11.7 Å². The van der Waals surface area contributed by atoms with Gasteiger partial charge in [0.05, 0.1) is 12.4 Å². The number of amides is 1. The molecule has 1 aliphatic heterocycles. The molecule has 2 heterocycles. The Bertz CT molecular complexity index is 664. The second kappa shape index (κ2) is 7.43. The van der Waals surface area contributed by atoms with Crippen LogP contribution in [-0.2, 0) is 0 Å². The number of aromatic nitrogens is 2. The molecule has 1 unspecified atom stereocenters. The van der Waals surface area contributed by atoms with Crippen LogP contribution in [0.3, 0.4) is 0 Å². The summed E-state index contributed by atoms with van der Waals surface area (Å²) in [7, 11) is 0. The first-order valence-electron chi connectivity index (χ1n) is 8.56. The third-order valence-corrected chi connectivity index (χ3v) is 4.61. The predicted octanol–water partition coefficient (Wildman–Crippen LogP) is 3.52. The van der Waals surface area contributed by atoms with Gasteiger partial charge in [0.25, 0.3) is 5.91 Å². The maximum absolute atomic E-state index is 12.5. The normalized spacial score (nSPS) is 16.7. The Balaban J connectivity index is 1.62. The van der Waals surface area contributed by atoms with Crippen molar-refractivity contribution in [3.8, 4) is 0 Å². The number of piperidine rings is 1. The molecule has 1 saturated heterocycles. The lowest BCUT2D eigenvalue weighted by Crippen LogP contribution is -2.38. The lowest BCUT2D eigenvalue weighted by molar-refractivity contribution is 0.0691. The van der Waals surface area contributed by atoms with Gasteiger partial charge in [-0.2, -0.15) is 0 Å². The van der Waals surface area contributed by atoms with E-state index in [9.17, 15) is 4.79 Å². The van der Waals surface area contributed by atoms with E-state index in [0.717, 1.165) is 25.9 Å². The van der Waals surface area contributed by atoms with E-state index in [0.29, 0.717) is 17.4 Å². The number of hydrogen-bond donors (Lipinski definition) is 1. The molecule has 1 atom stereocenters. The van der Waals surface area contributed by atoms with Crippen molar-refractivity contribution in [1.29, 1.82) is 0 Å². The third-order valence-electron chi connectivity index (χ3n) is 4.61. The molecule has 5 heteroatoms. The maximum Gasteiger partial charge on any atom is 0.274 e. The van der Waals surface area contributed by atoms with Crippen molar-refractivity contribution in [3.63, 3.8) is 0 Å². The van der Waals surface area contributed by atoms with Gasteiger partial charge in [-0.25, -0.2) is 9.97 Å². The zero-order chi connectivity index (χ0) is 16.9. The van der Waals surface area contributed by atoms with Crippen molar-refractivity contribution in [2.24, 2.45) is 5.92 Å². The average Bonchev–Trinajstić information content (AvgIpc) is 2.63. The molecule has 24 heavy (non-hydrogen) atoms. The van der Waals surface area contributed by atoms with E-state index in [4.69, 9.17) is 0 Å². The molecule has 0 saturated carbocycles. The number of likely N-dealkylation sites (tertiary alicyclic amines) is 1. The van der Waals surface area contributed by atoms with Crippen LogP contribution in [0.25, 0.3) is 0 Å². The molecule has 2 aromatic rings. The molecule has 1 N–H and O–H groups in total. The van der Waals surface area contributed by atoms with E-state index < -0.39 is 0 Å². The quantitative estimate of drug-likeness (QED) is 0.935. The fourth-order valence-electron chi connectivity index (χ4n) is 2.93. The lowest BCUT2D eigenvalue weighted by atomic mass is 9.99. The first-order chi connectivity index (χ1) is 11.6. The lowest BCUT2D eigenvalue weighted by Gasteiger charge is -2.29. The summed E-state index contributed by atoms with van der Waals surface area (Å²) in [4.78, 5) is 23.0. The van der Waals surface area contributed by atoms with Gasteiger partial charge in [-0.15, -0.1) is 0 Å². The Morgan fingerprint density at radius 2 is 1.88 bits per heavy atom. The molecule has 0 bridgehead atoms. The smallest absolute Gasteiger partial charge is 0.274 e. The summed E-state index contributed by atoms with van der Waals surface area (Å²) >= 11 is 0. The van der Waals surface area contributed by atoms with Gasteiger partial charge in [0.15, 0.2) is 0 Å². The SMILES string of the molecule is CC1CCN(C(=O)c2cnc(NC(C)c3ccccc3)cn2)CC1. The number of carbonyl (C=O) groups excluding carboxylic acids is 1. The highest BCUT2D eigenvalue weighted by molar-refractivity contribution is 5.92. The average molecular weight is 324 g/mol. The van der Waals surface area contributed by atoms with Crippen LogP contribution in [0, 0.1) is 5.92 Å². The molecule has 3 rings (SSSR count). The summed E-state index contributed by atoms with van der Waals surface area (Å²) in [5.74, 6) is 1.36. The number of anilines is 1. The Labute approximate surface area is 143 Å². The number of carbonyl (C=O) groups is 1. The minimum atomic E-state index is -0.0166. The van der Waals surface area contributed by atoms with Crippen molar-refractivity contribution in [2.45, 2.75) is 32.7 Å². The Kier molecular flexibility index (Phi) is 5.08. The second-order valence-electron chi connectivity index (χ2n) is 6.54. The van der Waals surface area contributed by atoms with E-state index in [2.05, 4.69) is 41.3 Å². The first-order valence-corrected chi connectivity index (χ1v) is 8.56. The van der Waals surface area contributed by atoms with Gasteiger partial charge in [0, 0.05) is 19.1 Å². The summed E-state index contributed by atoms with van der Waals surface area (Å²) in [5.41, 5.74) is 1.60. The minimum absolute atomic E-state index is 0.0166. The summed E-state index contributed by atoms with van der Waals surface area (Å²) in [6.45, 7) is 5.93. The van der Waals surface area contributed by atoms with Crippen LogP contribution in [-0.4, -0.2) is 33.9 Å². The van der Waals surface area contributed by atoms with Crippen LogP contribution in [0.1, 0.15) is 48.8 Å². The Morgan fingerprint density at radius 1 is 1.17 bits per heavy atom. The summed E-state index contributed by atoms with van der Waals surface area (Å²) in [5, 5.41) is 3.31. The highest BCUT2D eigenvalue weighted by atomic mass is 16.2. The molecular formula is C19H24N4O. The fraction of sp³-hybridized carbons (Fsp3) is 0.421. The van der Waals surface area contributed by atoms with Crippen molar-refractivity contribution < 1.29 is 4.79 Å². The van der Waals surface area contributed by atoms with Gasteiger partial charge in [0.2, 0.25) is 0 Å². The Morgan fingerprint density at radius 3 is 2.50 bits per heavy atom. The minimum Gasteiger partial charge on any atom is -0.362 e. The highest BCUT2D eigenvalue weighted by Gasteiger charge is 2.22.